The molecule has 0 amide bonds. The number of phenols is 1. The molecule has 1 rings (SSSR count). The zero-order valence-corrected chi connectivity index (χ0v) is 11.1. The van der Waals surface area contributed by atoms with E-state index in [1.54, 1.807) is 19.1 Å². The summed E-state index contributed by atoms with van der Waals surface area (Å²) in [4.78, 5) is 9.63. The first-order chi connectivity index (χ1) is 7.94. The predicted molar refractivity (Wildman–Crippen MR) is 67.2 cm³/mol. The Bertz CT molecular complexity index is 417. The molecule has 0 aliphatic heterocycles. The minimum atomic E-state index is -3.56. The van der Waals surface area contributed by atoms with Crippen molar-refractivity contribution in [2.75, 3.05) is 6.61 Å². The lowest BCUT2D eigenvalue weighted by molar-refractivity contribution is 0.254. The minimum absolute atomic E-state index is 0.0160. The van der Waals surface area contributed by atoms with Gasteiger partial charge in [-0.05, 0) is 30.5 Å². The summed E-state index contributed by atoms with van der Waals surface area (Å²) in [6.45, 7) is 4.05. The minimum Gasteiger partial charge on any atom is -0.508 e. The van der Waals surface area contributed by atoms with Gasteiger partial charge in [0.25, 0.3) is 0 Å². The average molecular weight is 258 g/mol. The van der Waals surface area contributed by atoms with E-state index in [4.69, 9.17) is 4.52 Å². The molecule has 0 heterocycles. The molecule has 0 bridgehead atoms. The van der Waals surface area contributed by atoms with Crippen molar-refractivity contribution in [1.29, 1.82) is 0 Å². The maximum Gasteiger partial charge on any atom is 0.332 e. The molecule has 2 N–H and O–H groups in total. The van der Waals surface area contributed by atoms with Gasteiger partial charge in [0.1, 0.15) is 5.75 Å². The summed E-state index contributed by atoms with van der Waals surface area (Å²) in [5, 5.41) is 9.35. The van der Waals surface area contributed by atoms with Crippen LogP contribution in [0.3, 0.4) is 0 Å². The molecule has 17 heavy (non-hydrogen) atoms. The summed E-state index contributed by atoms with van der Waals surface area (Å²) >= 11 is 0. The van der Waals surface area contributed by atoms with Crippen LogP contribution in [0.15, 0.2) is 18.2 Å². The SMILES string of the molecule is CCCCOP(=O)(O)Cc1ccc(O)c(C)c1. The van der Waals surface area contributed by atoms with Crippen molar-refractivity contribution in [1.82, 2.24) is 0 Å². The van der Waals surface area contributed by atoms with Gasteiger partial charge in [-0.25, -0.2) is 0 Å². The van der Waals surface area contributed by atoms with Crippen LogP contribution in [0.1, 0.15) is 30.9 Å². The summed E-state index contributed by atoms with van der Waals surface area (Å²) in [6, 6.07) is 4.85. The molecular weight excluding hydrogens is 239 g/mol. The molecular formula is C12H19O4P. The zero-order valence-electron chi connectivity index (χ0n) is 10.2. The molecule has 0 spiro atoms. The molecule has 0 aliphatic carbocycles. The molecule has 5 heteroatoms. The zero-order chi connectivity index (χ0) is 12.9. The first kappa shape index (κ1) is 14.2. The van der Waals surface area contributed by atoms with Crippen molar-refractivity contribution in [3.05, 3.63) is 29.3 Å². The molecule has 1 atom stereocenters. The fraction of sp³-hybridized carbons (Fsp3) is 0.500. The maximum atomic E-state index is 11.7. The Labute approximate surface area is 102 Å². The summed E-state index contributed by atoms with van der Waals surface area (Å²) in [5.74, 6) is 0.188. The van der Waals surface area contributed by atoms with Crippen molar-refractivity contribution < 1.29 is 19.1 Å². The van der Waals surface area contributed by atoms with Crippen LogP contribution in [-0.4, -0.2) is 16.6 Å². The molecule has 1 aromatic rings. The standard InChI is InChI=1S/C12H19O4P/c1-3-4-7-16-17(14,15)9-11-5-6-12(13)10(2)8-11/h5-6,8,13H,3-4,7,9H2,1-2H3,(H,14,15). The number of phenolic OH excluding ortho intramolecular Hbond substituents is 1. The third-order valence-corrected chi connectivity index (χ3v) is 3.79. The van der Waals surface area contributed by atoms with Crippen LogP contribution in [-0.2, 0) is 15.3 Å². The van der Waals surface area contributed by atoms with E-state index >= 15 is 0 Å². The normalized spacial score (nSPS) is 14.5. The van der Waals surface area contributed by atoms with E-state index in [2.05, 4.69) is 0 Å². The van der Waals surface area contributed by atoms with Gasteiger partial charge >= 0.3 is 7.60 Å². The van der Waals surface area contributed by atoms with E-state index < -0.39 is 7.60 Å². The van der Waals surface area contributed by atoms with E-state index in [-0.39, 0.29) is 11.9 Å². The van der Waals surface area contributed by atoms with Crippen molar-refractivity contribution >= 4 is 7.60 Å². The summed E-state index contributed by atoms with van der Waals surface area (Å²) in [6.07, 6.45) is 1.69. The first-order valence-corrected chi connectivity index (χ1v) is 7.46. The highest BCUT2D eigenvalue weighted by molar-refractivity contribution is 7.51. The second-order valence-electron chi connectivity index (χ2n) is 4.10. The third-order valence-electron chi connectivity index (χ3n) is 2.43. The molecule has 0 saturated heterocycles. The lowest BCUT2D eigenvalue weighted by atomic mass is 10.1. The van der Waals surface area contributed by atoms with Gasteiger partial charge in [-0.1, -0.05) is 25.5 Å². The highest BCUT2D eigenvalue weighted by atomic mass is 31.2. The Morgan fingerprint density at radius 2 is 2.12 bits per heavy atom. The Morgan fingerprint density at radius 3 is 2.71 bits per heavy atom. The Hall–Kier alpha value is -0.830. The van der Waals surface area contributed by atoms with Gasteiger partial charge in [0.15, 0.2) is 0 Å². The highest BCUT2D eigenvalue weighted by Crippen LogP contribution is 2.46. The number of benzene rings is 1. The Morgan fingerprint density at radius 1 is 1.41 bits per heavy atom. The van der Waals surface area contributed by atoms with Crippen LogP contribution in [0, 0.1) is 6.92 Å². The number of hydrogen-bond donors (Lipinski definition) is 2. The van der Waals surface area contributed by atoms with E-state index in [0.717, 1.165) is 12.8 Å². The Balaban J connectivity index is 2.62. The molecule has 1 aromatic carbocycles. The maximum absolute atomic E-state index is 11.7. The van der Waals surface area contributed by atoms with Gasteiger partial charge in [-0.2, -0.15) is 0 Å². The fourth-order valence-corrected chi connectivity index (χ4v) is 2.61. The summed E-state index contributed by atoms with van der Waals surface area (Å²) < 4.78 is 16.7. The molecule has 0 radical (unpaired) electrons. The molecule has 0 saturated carbocycles. The average Bonchev–Trinajstić information content (AvgIpc) is 2.23. The number of aromatic hydroxyl groups is 1. The smallest absolute Gasteiger partial charge is 0.332 e. The molecule has 0 fully saturated rings. The largest absolute Gasteiger partial charge is 0.508 e. The van der Waals surface area contributed by atoms with Crippen LogP contribution < -0.4 is 0 Å². The van der Waals surface area contributed by atoms with Gasteiger partial charge < -0.3 is 14.5 Å². The number of hydrogen-bond acceptors (Lipinski definition) is 3. The second-order valence-corrected chi connectivity index (χ2v) is 5.95. The van der Waals surface area contributed by atoms with Crippen molar-refractivity contribution in [2.45, 2.75) is 32.9 Å². The number of rotatable bonds is 6. The topological polar surface area (TPSA) is 66.8 Å². The third kappa shape index (κ3) is 4.90. The van der Waals surface area contributed by atoms with Crippen molar-refractivity contribution in [3.8, 4) is 5.75 Å². The van der Waals surface area contributed by atoms with Gasteiger partial charge in [0.2, 0.25) is 0 Å². The number of unbranched alkanes of at least 4 members (excludes halogenated alkanes) is 1. The van der Waals surface area contributed by atoms with Crippen LogP contribution in [0.25, 0.3) is 0 Å². The van der Waals surface area contributed by atoms with Crippen LogP contribution in [0.4, 0.5) is 0 Å². The molecule has 4 nitrogen and oxygen atoms in total. The van der Waals surface area contributed by atoms with E-state index in [1.807, 2.05) is 6.92 Å². The molecule has 0 aromatic heterocycles. The number of aryl methyl sites for hydroxylation is 1. The molecule has 96 valence electrons. The van der Waals surface area contributed by atoms with E-state index in [0.29, 0.717) is 17.7 Å². The first-order valence-electron chi connectivity index (χ1n) is 5.69. The lowest BCUT2D eigenvalue weighted by Gasteiger charge is -2.12. The summed E-state index contributed by atoms with van der Waals surface area (Å²) in [5.41, 5.74) is 1.39. The predicted octanol–water partition coefficient (Wildman–Crippen LogP) is 3.20. The molecule has 1 unspecified atom stereocenters. The lowest BCUT2D eigenvalue weighted by Crippen LogP contribution is -1.96. The van der Waals surface area contributed by atoms with Crippen LogP contribution in [0.2, 0.25) is 0 Å². The monoisotopic (exact) mass is 258 g/mol. The van der Waals surface area contributed by atoms with Crippen molar-refractivity contribution in [2.24, 2.45) is 0 Å². The van der Waals surface area contributed by atoms with Crippen LogP contribution >= 0.6 is 7.60 Å². The second kappa shape index (κ2) is 6.20. The highest BCUT2D eigenvalue weighted by Gasteiger charge is 2.19. The molecule has 0 aliphatic rings. The van der Waals surface area contributed by atoms with Gasteiger partial charge in [0.05, 0.1) is 12.8 Å². The van der Waals surface area contributed by atoms with Gasteiger partial charge in [0, 0.05) is 0 Å². The van der Waals surface area contributed by atoms with E-state index in [9.17, 15) is 14.6 Å². The quantitative estimate of drug-likeness (QED) is 0.607. The van der Waals surface area contributed by atoms with Gasteiger partial charge in [-0.3, -0.25) is 4.57 Å². The van der Waals surface area contributed by atoms with Crippen LogP contribution in [0.5, 0.6) is 5.75 Å². The summed E-state index contributed by atoms with van der Waals surface area (Å²) in [7, 11) is -3.56. The Kier molecular flexibility index (Phi) is 5.19. The fourth-order valence-electron chi connectivity index (χ4n) is 1.44. The van der Waals surface area contributed by atoms with E-state index in [1.165, 1.54) is 6.07 Å². The van der Waals surface area contributed by atoms with Gasteiger partial charge in [-0.15, -0.1) is 0 Å². The van der Waals surface area contributed by atoms with Crippen molar-refractivity contribution in [3.63, 3.8) is 0 Å².